The van der Waals surface area contributed by atoms with Gasteiger partial charge in [0.05, 0.1) is 11.6 Å². The highest BCUT2D eigenvalue weighted by atomic mass is 35.5. The van der Waals surface area contributed by atoms with Crippen LogP contribution in [0.4, 0.5) is 0 Å². The van der Waals surface area contributed by atoms with Crippen LogP contribution < -0.4 is 4.74 Å². The molecule has 0 amide bonds. The van der Waals surface area contributed by atoms with E-state index in [-0.39, 0.29) is 13.2 Å². The van der Waals surface area contributed by atoms with Gasteiger partial charge in [-0.2, -0.15) is 0 Å². The summed E-state index contributed by atoms with van der Waals surface area (Å²) in [6.45, 7) is 2.69. The molecule has 0 bridgehead atoms. The van der Waals surface area contributed by atoms with E-state index in [9.17, 15) is 0 Å². The first-order valence-corrected chi connectivity index (χ1v) is 7.65. The van der Waals surface area contributed by atoms with Crippen LogP contribution >= 0.6 is 23.2 Å². The highest BCUT2D eigenvalue weighted by molar-refractivity contribution is 6.36. The van der Waals surface area contributed by atoms with Crippen molar-refractivity contribution in [3.8, 4) is 5.75 Å². The van der Waals surface area contributed by atoms with Crippen molar-refractivity contribution in [2.24, 2.45) is 0 Å². The molecule has 0 fully saturated rings. The number of aliphatic hydroxyl groups is 2. The average Bonchev–Trinajstić information content (AvgIpc) is 2.44. The molecule has 1 aliphatic heterocycles. The number of hydrogen-bond acceptors (Lipinski definition) is 4. The molecule has 1 heterocycles. The Hall–Kier alpha value is -0.780. The molecule has 0 atom stereocenters. The van der Waals surface area contributed by atoms with Crippen molar-refractivity contribution in [1.82, 2.24) is 4.90 Å². The summed E-state index contributed by atoms with van der Waals surface area (Å²) in [5, 5.41) is 19.1. The molecule has 6 heteroatoms. The lowest BCUT2D eigenvalue weighted by Gasteiger charge is -2.25. The van der Waals surface area contributed by atoms with Gasteiger partial charge in [-0.3, -0.25) is 4.90 Å². The molecule has 0 saturated heterocycles. The molecule has 0 radical (unpaired) electrons. The molecule has 4 nitrogen and oxygen atoms in total. The minimum absolute atomic E-state index is 0.0911. The molecular formula is C15H19Cl2NO3. The number of benzene rings is 1. The third-order valence-electron chi connectivity index (χ3n) is 3.27. The fraction of sp³-hybridized carbons (Fsp3) is 0.467. The van der Waals surface area contributed by atoms with Crippen LogP contribution in [0.1, 0.15) is 12.0 Å². The van der Waals surface area contributed by atoms with Crippen LogP contribution in [-0.2, 0) is 0 Å². The third kappa shape index (κ3) is 4.59. The van der Waals surface area contributed by atoms with Crippen LogP contribution in [0.3, 0.4) is 0 Å². The van der Waals surface area contributed by atoms with E-state index >= 15 is 0 Å². The SMILES string of the molecule is OCCCN(CCO)CC1=Cc2cc(Cl)cc(Cl)c2OC1. The molecule has 0 aliphatic carbocycles. The van der Waals surface area contributed by atoms with Crippen LogP contribution in [0.25, 0.3) is 6.08 Å². The van der Waals surface area contributed by atoms with Gasteiger partial charge in [-0.1, -0.05) is 23.2 Å². The minimum Gasteiger partial charge on any atom is -0.487 e. The largest absolute Gasteiger partial charge is 0.487 e. The number of hydrogen-bond donors (Lipinski definition) is 2. The van der Waals surface area contributed by atoms with Crippen molar-refractivity contribution in [2.45, 2.75) is 6.42 Å². The van der Waals surface area contributed by atoms with Gasteiger partial charge in [0.2, 0.25) is 0 Å². The molecule has 0 spiro atoms. The van der Waals surface area contributed by atoms with Crippen molar-refractivity contribution in [3.05, 3.63) is 33.3 Å². The summed E-state index contributed by atoms with van der Waals surface area (Å²) >= 11 is 12.1. The van der Waals surface area contributed by atoms with Crippen molar-refractivity contribution in [1.29, 1.82) is 0 Å². The zero-order chi connectivity index (χ0) is 15.2. The third-order valence-corrected chi connectivity index (χ3v) is 3.77. The van der Waals surface area contributed by atoms with Crippen LogP contribution in [0.15, 0.2) is 17.7 Å². The Morgan fingerprint density at radius 2 is 1.95 bits per heavy atom. The smallest absolute Gasteiger partial charge is 0.145 e. The first-order valence-electron chi connectivity index (χ1n) is 6.89. The van der Waals surface area contributed by atoms with Gasteiger partial charge in [0.1, 0.15) is 12.4 Å². The maximum atomic E-state index is 9.11. The first-order chi connectivity index (χ1) is 10.1. The maximum absolute atomic E-state index is 9.11. The number of fused-ring (bicyclic) bond motifs is 1. The van der Waals surface area contributed by atoms with E-state index in [0.717, 1.165) is 17.7 Å². The van der Waals surface area contributed by atoms with Crippen molar-refractivity contribution in [2.75, 3.05) is 39.5 Å². The van der Waals surface area contributed by atoms with Crippen molar-refractivity contribution in [3.63, 3.8) is 0 Å². The molecule has 0 aromatic heterocycles. The summed E-state index contributed by atoms with van der Waals surface area (Å²) in [5.74, 6) is 0.661. The fourth-order valence-electron chi connectivity index (χ4n) is 2.35. The number of aliphatic hydroxyl groups excluding tert-OH is 2. The number of rotatable bonds is 7. The lowest BCUT2D eigenvalue weighted by molar-refractivity contribution is 0.184. The van der Waals surface area contributed by atoms with Crippen LogP contribution in [0, 0.1) is 0 Å². The minimum atomic E-state index is 0.0911. The van der Waals surface area contributed by atoms with Crippen LogP contribution in [0.5, 0.6) is 5.75 Å². The highest BCUT2D eigenvalue weighted by Gasteiger charge is 2.17. The summed E-state index contributed by atoms with van der Waals surface area (Å²) in [6.07, 6.45) is 2.71. The highest BCUT2D eigenvalue weighted by Crippen LogP contribution is 2.36. The standard InChI is InChI=1S/C15H19Cl2NO3/c16-13-7-12-6-11(10-21-15(12)14(17)8-13)9-18(3-5-20)2-1-4-19/h6-8,19-20H,1-5,9-10H2. The number of ether oxygens (including phenoxy) is 1. The molecule has 2 N–H and O–H groups in total. The molecule has 116 valence electrons. The maximum Gasteiger partial charge on any atom is 0.145 e. The van der Waals surface area contributed by atoms with E-state index in [1.807, 2.05) is 12.1 Å². The molecular weight excluding hydrogens is 313 g/mol. The van der Waals surface area contributed by atoms with E-state index in [1.165, 1.54) is 0 Å². The van der Waals surface area contributed by atoms with Crippen LogP contribution in [0.2, 0.25) is 10.0 Å². The predicted octanol–water partition coefficient (Wildman–Crippen LogP) is 2.45. The van der Waals surface area contributed by atoms with Crippen molar-refractivity contribution < 1.29 is 14.9 Å². The molecule has 1 aliphatic rings. The number of halogens is 2. The molecule has 0 saturated carbocycles. The Kier molecular flexibility index (Phi) is 6.33. The monoisotopic (exact) mass is 331 g/mol. The van der Waals surface area contributed by atoms with Gasteiger partial charge in [-0.25, -0.2) is 0 Å². The van der Waals surface area contributed by atoms with E-state index in [0.29, 0.717) is 41.9 Å². The van der Waals surface area contributed by atoms with Crippen LogP contribution in [-0.4, -0.2) is 54.6 Å². The Labute approximate surface area is 134 Å². The molecule has 0 unspecified atom stereocenters. The van der Waals surface area contributed by atoms with E-state index in [1.54, 1.807) is 6.07 Å². The lowest BCUT2D eigenvalue weighted by Crippen LogP contribution is -2.32. The van der Waals surface area contributed by atoms with Gasteiger partial charge < -0.3 is 14.9 Å². The van der Waals surface area contributed by atoms with E-state index in [2.05, 4.69) is 4.90 Å². The van der Waals surface area contributed by atoms with Gasteiger partial charge in [0.15, 0.2) is 0 Å². The van der Waals surface area contributed by atoms with Gasteiger partial charge in [0, 0.05) is 36.8 Å². The van der Waals surface area contributed by atoms with E-state index in [4.69, 9.17) is 38.2 Å². The molecule has 1 aromatic carbocycles. The summed E-state index contributed by atoms with van der Waals surface area (Å²) in [5.41, 5.74) is 1.96. The lowest BCUT2D eigenvalue weighted by atomic mass is 10.1. The van der Waals surface area contributed by atoms with Gasteiger partial charge in [0.25, 0.3) is 0 Å². The fourth-order valence-corrected chi connectivity index (χ4v) is 2.91. The van der Waals surface area contributed by atoms with Gasteiger partial charge in [-0.05, 0) is 30.2 Å². The van der Waals surface area contributed by atoms with E-state index < -0.39 is 0 Å². The summed E-state index contributed by atoms with van der Waals surface area (Å²) in [7, 11) is 0. The molecule has 2 rings (SSSR count). The molecule has 21 heavy (non-hydrogen) atoms. The second-order valence-corrected chi connectivity index (χ2v) is 5.82. The quantitative estimate of drug-likeness (QED) is 0.805. The Bertz CT molecular complexity index is 520. The summed E-state index contributed by atoms with van der Waals surface area (Å²) in [6, 6.07) is 3.49. The van der Waals surface area contributed by atoms with Crippen molar-refractivity contribution >= 4 is 29.3 Å². The molecule has 1 aromatic rings. The summed E-state index contributed by atoms with van der Waals surface area (Å²) < 4.78 is 5.71. The zero-order valence-electron chi connectivity index (χ0n) is 11.7. The topological polar surface area (TPSA) is 52.9 Å². The zero-order valence-corrected chi connectivity index (χ0v) is 13.2. The number of nitrogens with zero attached hydrogens (tertiary/aromatic N) is 1. The van der Waals surface area contributed by atoms with Gasteiger partial charge >= 0.3 is 0 Å². The Morgan fingerprint density at radius 3 is 2.67 bits per heavy atom. The second kappa shape index (κ2) is 8.01. The second-order valence-electron chi connectivity index (χ2n) is 4.97. The average molecular weight is 332 g/mol. The normalized spacial score (nSPS) is 13.9. The summed E-state index contributed by atoms with van der Waals surface area (Å²) in [4.78, 5) is 2.09. The Morgan fingerprint density at radius 1 is 1.14 bits per heavy atom. The Balaban J connectivity index is 2.11. The van der Waals surface area contributed by atoms with Gasteiger partial charge in [-0.15, -0.1) is 0 Å². The predicted molar refractivity (Wildman–Crippen MR) is 85.2 cm³/mol. The first kappa shape index (κ1) is 16.6.